The zero-order chi connectivity index (χ0) is 12.8. The third-order valence-corrected chi connectivity index (χ3v) is 3.49. The molecule has 18 heavy (non-hydrogen) atoms. The number of ether oxygens (including phenoxy) is 1. The van der Waals surface area contributed by atoms with Crippen molar-refractivity contribution in [2.24, 2.45) is 5.92 Å². The number of nitriles is 1. The zero-order valence-corrected chi connectivity index (χ0v) is 10.7. The average Bonchev–Trinajstić information content (AvgIpc) is 3.08. The minimum absolute atomic E-state index is 0.0380. The Morgan fingerprint density at radius 2 is 2.28 bits per heavy atom. The number of rotatable bonds is 7. The van der Waals surface area contributed by atoms with E-state index in [0.29, 0.717) is 31.5 Å². The molecule has 0 aromatic heterocycles. The first-order chi connectivity index (χ1) is 8.79. The fraction of sp³-hybridized carbons (Fsp3) is 0.846. The lowest BCUT2D eigenvalue weighted by atomic mass is 10.1. The van der Waals surface area contributed by atoms with Crippen molar-refractivity contribution in [1.82, 2.24) is 10.2 Å². The van der Waals surface area contributed by atoms with Gasteiger partial charge < -0.3 is 10.1 Å². The van der Waals surface area contributed by atoms with E-state index in [1.54, 1.807) is 0 Å². The van der Waals surface area contributed by atoms with Gasteiger partial charge in [0.05, 0.1) is 25.6 Å². The smallest absolute Gasteiger partial charge is 0.234 e. The Labute approximate surface area is 108 Å². The number of nitrogens with zero attached hydrogens (tertiary/aromatic N) is 2. The lowest BCUT2D eigenvalue weighted by Crippen LogP contribution is -2.41. The molecular weight excluding hydrogens is 230 g/mol. The van der Waals surface area contributed by atoms with Crippen molar-refractivity contribution in [3.05, 3.63) is 0 Å². The minimum Gasteiger partial charge on any atom is -0.381 e. The highest BCUT2D eigenvalue weighted by molar-refractivity contribution is 5.78. The Kier molecular flexibility index (Phi) is 4.97. The highest BCUT2D eigenvalue weighted by atomic mass is 16.5. The fourth-order valence-corrected chi connectivity index (χ4v) is 2.34. The van der Waals surface area contributed by atoms with E-state index >= 15 is 0 Å². The maximum Gasteiger partial charge on any atom is 0.234 e. The topological polar surface area (TPSA) is 65.4 Å². The molecule has 1 saturated carbocycles. The molecule has 2 fully saturated rings. The summed E-state index contributed by atoms with van der Waals surface area (Å²) in [5.41, 5.74) is 0. The lowest BCUT2D eigenvalue weighted by molar-refractivity contribution is -0.122. The van der Waals surface area contributed by atoms with Gasteiger partial charge in [-0.2, -0.15) is 5.26 Å². The van der Waals surface area contributed by atoms with E-state index in [-0.39, 0.29) is 5.91 Å². The van der Waals surface area contributed by atoms with Crippen molar-refractivity contribution < 1.29 is 9.53 Å². The molecule has 100 valence electrons. The molecular formula is C13H21N3O2. The van der Waals surface area contributed by atoms with E-state index in [9.17, 15) is 4.79 Å². The predicted molar refractivity (Wildman–Crippen MR) is 66.8 cm³/mol. The van der Waals surface area contributed by atoms with Crippen LogP contribution in [0.1, 0.15) is 25.7 Å². The van der Waals surface area contributed by atoms with Gasteiger partial charge in [-0.3, -0.25) is 9.69 Å². The maximum atomic E-state index is 11.7. The molecule has 0 bridgehead atoms. The minimum atomic E-state index is 0.0380. The van der Waals surface area contributed by atoms with Crippen LogP contribution in [0, 0.1) is 17.2 Å². The van der Waals surface area contributed by atoms with Crippen LogP contribution >= 0.6 is 0 Å². The van der Waals surface area contributed by atoms with Gasteiger partial charge >= 0.3 is 0 Å². The molecule has 1 atom stereocenters. The van der Waals surface area contributed by atoms with Crippen LogP contribution in [-0.2, 0) is 9.53 Å². The Balaban J connectivity index is 1.71. The fourth-order valence-electron chi connectivity index (χ4n) is 2.34. The normalized spacial score (nSPS) is 23.0. The SMILES string of the molecule is N#CCCNC(=O)CN(C[C@@H]1CCOC1)C1CC1. The van der Waals surface area contributed by atoms with E-state index in [1.165, 1.54) is 12.8 Å². The summed E-state index contributed by atoms with van der Waals surface area (Å²) in [5.74, 6) is 0.619. The summed E-state index contributed by atoms with van der Waals surface area (Å²) in [5, 5.41) is 11.2. The molecule has 5 heteroatoms. The largest absolute Gasteiger partial charge is 0.381 e. The Morgan fingerprint density at radius 3 is 2.89 bits per heavy atom. The molecule has 0 spiro atoms. The van der Waals surface area contributed by atoms with Crippen LogP contribution in [0.25, 0.3) is 0 Å². The summed E-state index contributed by atoms with van der Waals surface area (Å²) in [6.45, 7) is 3.58. The van der Waals surface area contributed by atoms with Crippen molar-refractivity contribution in [2.45, 2.75) is 31.7 Å². The Bertz CT molecular complexity index is 317. The third-order valence-electron chi connectivity index (χ3n) is 3.49. The Morgan fingerprint density at radius 1 is 1.44 bits per heavy atom. The summed E-state index contributed by atoms with van der Waals surface area (Å²) in [6, 6.07) is 2.62. The molecule has 1 heterocycles. The first kappa shape index (κ1) is 13.3. The number of carbonyl (C=O) groups excluding carboxylic acids is 1. The maximum absolute atomic E-state index is 11.7. The van der Waals surface area contributed by atoms with Crippen LogP contribution in [0.3, 0.4) is 0 Å². The average molecular weight is 251 g/mol. The molecule has 5 nitrogen and oxygen atoms in total. The number of hydrogen-bond acceptors (Lipinski definition) is 4. The van der Waals surface area contributed by atoms with Crippen molar-refractivity contribution in [3.8, 4) is 6.07 Å². The van der Waals surface area contributed by atoms with Crippen molar-refractivity contribution in [3.63, 3.8) is 0 Å². The van der Waals surface area contributed by atoms with Gasteiger partial charge in [0, 0.05) is 25.7 Å². The van der Waals surface area contributed by atoms with Crippen LogP contribution in [-0.4, -0.2) is 49.7 Å². The highest BCUT2D eigenvalue weighted by Crippen LogP contribution is 2.28. The van der Waals surface area contributed by atoms with Crippen molar-refractivity contribution in [1.29, 1.82) is 5.26 Å². The van der Waals surface area contributed by atoms with Gasteiger partial charge in [-0.25, -0.2) is 0 Å². The second-order valence-electron chi connectivity index (χ2n) is 5.15. The molecule has 1 N–H and O–H groups in total. The second kappa shape index (κ2) is 6.72. The molecule has 1 amide bonds. The zero-order valence-electron chi connectivity index (χ0n) is 10.7. The first-order valence-electron chi connectivity index (χ1n) is 6.75. The molecule has 1 aliphatic carbocycles. The van der Waals surface area contributed by atoms with E-state index in [1.807, 2.05) is 6.07 Å². The molecule has 1 saturated heterocycles. The monoisotopic (exact) mass is 251 g/mol. The van der Waals surface area contributed by atoms with Crippen LogP contribution in [0.5, 0.6) is 0 Å². The summed E-state index contributed by atoms with van der Waals surface area (Å²) < 4.78 is 5.38. The number of hydrogen-bond donors (Lipinski definition) is 1. The van der Waals surface area contributed by atoms with E-state index < -0.39 is 0 Å². The van der Waals surface area contributed by atoms with Crippen molar-refractivity contribution >= 4 is 5.91 Å². The predicted octanol–water partition coefficient (Wildman–Crippen LogP) is 0.517. The summed E-state index contributed by atoms with van der Waals surface area (Å²) in [7, 11) is 0. The van der Waals surface area contributed by atoms with Gasteiger partial charge in [0.25, 0.3) is 0 Å². The second-order valence-corrected chi connectivity index (χ2v) is 5.15. The quantitative estimate of drug-likeness (QED) is 0.670. The molecule has 2 rings (SSSR count). The van der Waals surface area contributed by atoms with Crippen molar-refractivity contribution in [2.75, 3.05) is 32.8 Å². The third kappa shape index (κ3) is 4.28. The van der Waals surface area contributed by atoms with Crippen LogP contribution in [0.4, 0.5) is 0 Å². The van der Waals surface area contributed by atoms with E-state index in [4.69, 9.17) is 10.00 Å². The summed E-state index contributed by atoms with van der Waals surface area (Å²) in [6.07, 6.45) is 3.91. The molecule has 0 aromatic rings. The van der Waals surface area contributed by atoms with E-state index in [2.05, 4.69) is 10.2 Å². The molecule has 0 unspecified atom stereocenters. The summed E-state index contributed by atoms with van der Waals surface area (Å²) >= 11 is 0. The van der Waals surface area contributed by atoms with Gasteiger partial charge in [0.2, 0.25) is 5.91 Å². The highest BCUT2D eigenvalue weighted by Gasteiger charge is 2.32. The van der Waals surface area contributed by atoms with Gasteiger partial charge in [-0.1, -0.05) is 0 Å². The van der Waals surface area contributed by atoms with Gasteiger partial charge in [0.15, 0.2) is 0 Å². The standard InChI is InChI=1S/C13H21N3O2/c14-5-1-6-15-13(17)9-16(12-2-3-12)8-11-4-7-18-10-11/h11-12H,1-4,6-10H2,(H,15,17)/t11-/m0/s1. The molecule has 2 aliphatic rings. The van der Waals surface area contributed by atoms with Crippen LogP contribution < -0.4 is 5.32 Å². The number of amides is 1. The van der Waals surface area contributed by atoms with Crippen LogP contribution in [0.15, 0.2) is 0 Å². The molecule has 1 aliphatic heterocycles. The first-order valence-corrected chi connectivity index (χ1v) is 6.75. The molecule has 0 aromatic carbocycles. The van der Waals surface area contributed by atoms with E-state index in [0.717, 1.165) is 26.2 Å². The van der Waals surface area contributed by atoms with Gasteiger partial charge in [-0.15, -0.1) is 0 Å². The van der Waals surface area contributed by atoms with Gasteiger partial charge in [-0.05, 0) is 25.2 Å². The van der Waals surface area contributed by atoms with Gasteiger partial charge in [0.1, 0.15) is 0 Å². The lowest BCUT2D eigenvalue weighted by Gasteiger charge is -2.24. The molecule has 0 radical (unpaired) electrons. The summed E-state index contributed by atoms with van der Waals surface area (Å²) in [4.78, 5) is 14.0. The number of carbonyl (C=O) groups is 1. The van der Waals surface area contributed by atoms with Crippen LogP contribution in [0.2, 0.25) is 0 Å². The Hall–Kier alpha value is -1.12. The number of nitrogens with one attached hydrogen (secondary N) is 1.